The van der Waals surface area contributed by atoms with Crippen molar-refractivity contribution in [1.29, 1.82) is 0 Å². The highest BCUT2D eigenvalue weighted by molar-refractivity contribution is 5.87. The van der Waals surface area contributed by atoms with E-state index in [-0.39, 0.29) is 12.0 Å². The molecule has 2 amide bonds. The summed E-state index contributed by atoms with van der Waals surface area (Å²) < 4.78 is 0. The summed E-state index contributed by atoms with van der Waals surface area (Å²) in [5.74, 6) is 1.38. The lowest BCUT2D eigenvalue weighted by Gasteiger charge is -2.35. The maximum Gasteiger partial charge on any atom is 0.321 e. The van der Waals surface area contributed by atoms with Gasteiger partial charge < -0.3 is 5.32 Å². The van der Waals surface area contributed by atoms with Crippen molar-refractivity contribution < 1.29 is 4.79 Å². The maximum atomic E-state index is 11.7. The molecule has 1 aromatic carbocycles. The first-order valence-electron chi connectivity index (χ1n) is 7.04. The molecule has 1 aliphatic carbocycles. The van der Waals surface area contributed by atoms with E-state index >= 15 is 0 Å². The molecule has 0 saturated heterocycles. The van der Waals surface area contributed by atoms with Gasteiger partial charge in [-0.05, 0) is 35.5 Å². The van der Waals surface area contributed by atoms with Crippen molar-refractivity contribution in [2.75, 3.05) is 11.9 Å². The van der Waals surface area contributed by atoms with E-state index < -0.39 is 0 Å². The zero-order chi connectivity index (χ0) is 14.7. The van der Waals surface area contributed by atoms with E-state index in [0.29, 0.717) is 18.4 Å². The number of aromatic nitrogens is 4. The average molecular weight is 286 g/mol. The number of carbonyl (C=O) groups excluding carboxylic acids is 1. The molecule has 1 aromatic heterocycles. The average Bonchev–Trinajstić information content (AvgIpc) is 2.83. The van der Waals surface area contributed by atoms with Crippen molar-refractivity contribution >= 4 is 12.0 Å². The quantitative estimate of drug-likeness (QED) is 0.892. The Kier molecular flexibility index (Phi) is 3.81. The van der Waals surface area contributed by atoms with Crippen LogP contribution in [0.15, 0.2) is 30.3 Å². The van der Waals surface area contributed by atoms with Crippen molar-refractivity contribution in [1.82, 2.24) is 25.5 Å². The standard InChI is InChI=1S/C14H18N6O/c1-20-18-13(17-19-20)16-14(21)15-9-10-7-12(8-10)11-5-3-2-4-6-11/h2-6,10,12H,7-9H2,1H3,(H2,15,16,18,21). The second-order valence-corrected chi connectivity index (χ2v) is 5.38. The Morgan fingerprint density at radius 2 is 2.10 bits per heavy atom. The Morgan fingerprint density at radius 1 is 1.33 bits per heavy atom. The molecule has 1 aliphatic rings. The summed E-state index contributed by atoms with van der Waals surface area (Å²) in [6.07, 6.45) is 2.24. The Hall–Kier alpha value is -2.44. The maximum absolute atomic E-state index is 11.7. The number of rotatable bonds is 4. The molecule has 7 nitrogen and oxygen atoms in total. The van der Waals surface area contributed by atoms with Crippen molar-refractivity contribution in [2.45, 2.75) is 18.8 Å². The van der Waals surface area contributed by atoms with Crippen LogP contribution >= 0.6 is 0 Å². The van der Waals surface area contributed by atoms with Crippen molar-refractivity contribution in [3.63, 3.8) is 0 Å². The lowest BCUT2D eigenvalue weighted by molar-refractivity contribution is 0.233. The van der Waals surface area contributed by atoms with Crippen molar-refractivity contribution in [3.05, 3.63) is 35.9 Å². The molecular weight excluding hydrogens is 268 g/mol. The molecule has 2 aromatic rings. The number of benzene rings is 1. The third-order valence-electron chi connectivity index (χ3n) is 3.79. The third-order valence-corrected chi connectivity index (χ3v) is 3.79. The van der Waals surface area contributed by atoms with Gasteiger partial charge in [0.25, 0.3) is 5.95 Å². The Morgan fingerprint density at radius 3 is 2.76 bits per heavy atom. The Balaban J connectivity index is 1.38. The van der Waals surface area contributed by atoms with Gasteiger partial charge in [-0.25, -0.2) is 4.79 Å². The molecule has 0 spiro atoms. The predicted octanol–water partition coefficient (Wildman–Crippen LogP) is 1.53. The van der Waals surface area contributed by atoms with E-state index in [2.05, 4.69) is 50.3 Å². The van der Waals surface area contributed by atoms with Crippen molar-refractivity contribution in [2.24, 2.45) is 13.0 Å². The highest BCUT2D eigenvalue weighted by Crippen LogP contribution is 2.40. The smallest absolute Gasteiger partial charge is 0.321 e. The third kappa shape index (κ3) is 3.36. The van der Waals surface area contributed by atoms with Crippen LogP contribution in [-0.2, 0) is 7.05 Å². The van der Waals surface area contributed by atoms with Crippen LogP contribution in [0.3, 0.4) is 0 Å². The van der Waals surface area contributed by atoms with E-state index in [1.807, 2.05) is 6.07 Å². The van der Waals surface area contributed by atoms with E-state index in [1.165, 1.54) is 10.4 Å². The van der Waals surface area contributed by atoms with E-state index in [4.69, 9.17) is 0 Å². The van der Waals surface area contributed by atoms with Gasteiger partial charge in [-0.2, -0.15) is 4.80 Å². The second-order valence-electron chi connectivity index (χ2n) is 5.38. The van der Waals surface area contributed by atoms with Crippen LogP contribution in [0.2, 0.25) is 0 Å². The largest absolute Gasteiger partial charge is 0.338 e. The lowest BCUT2D eigenvalue weighted by Crippen LogP contribution is -2.37. The highest BCUT2D eigenvalue weighted by Gasteiger charge is 2.30. The van der Waals surface area contributed by atoms with E-state index in [0.717, 1.165) is 12.8 Å². The van der Waals surface area contributed by atoms with Gasteiger partial charge in [-0.3, -0.25) is 5.32 Å². The topological polar surface area (TPSA) is 84.7 Å². The zero-order valence-corrected chi connectivity index (χ0v) is 11.9. The molecule has 1 fully saturated rings. The van der Waals surface area contributed by atoms with Gasteiger partial charge >= 0.3 is 6.03 Å². The minimum Gasteiger partial charge on any atom is -0.338 e. The number of urea groups is 1. The van der Waals surface area contributed by atoms with Crippen LogP contribution in [0.25, 0.3) is 0 Å². The van der Waals surface area contributed by atoms with Crippen LogP contribution in [0.1, 0.15) is 24.3 Å². The monoisotopic (exact) mass is 286 g/mol. The molecule has 1 heterocycles. The normalized spacial score (nSPS) is 20.6. The molecule has 2 N–H and O–H groups in total. The molecule has 0 bridgehead atoms. The van der Waals surface area contributed by atoms with Crippen molar-refractivity contribution in [3.8, 4) is 0 Å². The van der Waals surface area contributed by atoms with E-state index in [9.17, 15) is 4.79 Å². The number of nitrogens with zero attached hydrogens (tertiary/aromatic N) is 4. The van der Waals surface area contributed by atoms with Gasteiger partial charge in [0, 0.05) is 6.54 Å². The molecule has 0 radical (unpaired) electrons. The number of carbonyl (C=O) groups is 1. The fourth-order valence-electron chi connectivity index (χ4n) is 2.62. The molecule has 0 aliphatic heterocycles. The summed E-state index contributed by atoms with van der Waals surface area (Å²) in [5.41, 5.74) is 1.39. The second kappa shape index (κ2) is 5.90. The van der Waals surface area contributed by atoms with Crippen LogP contribution in [0, 0.1) is 5.92 Å². The van der Waals surface area contributed by atoms with Gasteiger partial charge in [0.1, 0.15) is 0 Å². The van der Waals surface area contributed by atoms with E-state index in [1.54, 1.807) is 7.05 Å². The van der Waals surface area contributed by atoms with Gasteiger partial charge in [-0.1, -0.05) is 35.4 Å². The summed E-state index contributed by atoms with van der Waals surface area (Å²) in [6.45, 7) is 0.676. The molecule has 1 saturated carbocycles. The Bertz CT molecular complexity index is 605. The molecule has 0 unspecified atom stereocenters. The van der Waals surface area contributed by atoms with Crippen LogP contribution in [0.5, 0.6) is 0 Å². The first-order valence-corrected chi connectivity index (χ1v) is 7.04. The summed E-state index contributed by atoms with van der Waals surface area (Å²) >= 11 is 0. The summed E-state index contributed by atoms with van der Waals surface area (Å²) in [5, 5.41) is 16.6. The predicted molar refractivity (Wildman–Crippen MR) is 77.7 cm³/mol. The van der Waals surface area contributed by atoms with Crippen LogP contribution in [-0.4, -0.2) is 32.8 Å². The zero-order valence-electron chi connectivity index (χ0n) is 11.9. The summed E-state index contributed by atoms with van der Waals surface area (Å²) in [7, 11) is 1.65. The van der Waals surface area contributed by atoms with Crippen LogP contribution < -0.4 is 10.6 Å². The first-order chi connectivity index (χ1) is 10.2. The molecule has 21 heavy (non-hydrogen) atoms. The first kappa shape index (κ1) is 13.5. The van der Waals surface area contributed by atoms with Gasteiger partial charge in [-0.15, -0.1) is 5.10 Å². The van der Waals surface area contributed by atoms with Gasteiger partial charge in [0.05, 0.1) is 7.05 Å². The minimum atomic E-state index is -0.286. The molecule has 7 heteroatoms. The highest BCUT2D eigenvalue weighted by atomic mass is 16.2. The SMILES string of the molecule is Cn1nnc(NC(=O)NCC2CC(c3ccccc3)C2)n1. The minimum absolute atomic E-state index is 0.214. The summed E-state index contributed by atoms with van der Waals surface area (Å²) in [6, 6.07) is 10.2. The number of tetrazole rings is 1. The van der Waals surface area contributed by atoms with Gasteiger partial charge in [0.15, 0.2) is 0 Å². The fourth-order valence-corrected chi connectivity index (χ4v) is 2.62. The van der Waals surface area contributed by atoms with Crippen LogP contribution in [0.4, 0.5) is 10.7 Å². The number of nitrogens with one attached hydrogen (secondary N) is 2. The fraction of sp³-hybridized carbons (Fsp3) is 0.429. The molecule has 3 rings (SSSR count). The number of hydrogen-bond donors (Lipinski definition) is 2. The number of aryl methyl sites for hydroxylation is 1. The number of amides is 2. The number of hydrogen-bond acceptors (Lipinski definition) is 4. The summed E-state index contributed by atoms with van der Waals surface area (Å²) in [4.78, 5) is 13.0. The molecular formula is C14H18N6O. The molecule has 0 atom stereocenters. The van der Waals surface area contributed by atoms with Gasteiger partial charge in [0.2, 0.25) is 0 Å². The molecule has 110 valence electrons. The number of anilines is 1. The lowest BCUT2D eigenvalue weighted by atomic mass is 9.71. The Labute approximate surface area is 122 Å².